The van der Waals surface area contributed by atoms with E-state index in [1.54, 1.807) is 0 Å². The molecule has 5 aliphatic carbocycles. The van der Waals surface area contributed by atoms with Gasteiger partial charge in [-0.3, -0.25) is 4.79 Å². The van der Waals surface area contributed by atoms with E-state index in [4.69, 9.17) is 0 Å². The second-order valence-electron chi connectivity index (χ2n) is 14.9. The smallest absolute Gasteiger partial charge is 0.310 e. The molecule has 4 N–H and O–H groups in total. The number of hydrogen-bond acceptors (Lipinski definition) is 4. The third-order valence-electron chi connectivity index (χ3n) is 13.4. The van der Waals surface area contributed by atoms with Gasteiger partial charge in [0.25, 0.3) is 0 Å². The fourth-order valence-electron chi connectivity index (χ4n) is 11.0. The largest absolute Gasteiger partial charge is 0.481 e. The highest BCUT2D eigenvalue weighted by molar-refractivity contribution is 5.77. The molecule has 11 atom stereocenters. The molecule has 4 fully saturated rings. The van der Waals surface area contributed by atoms with Crippen molar-refractivity contribution in [2.75, 3.05) is 0 Å². The van der Waals surface area contributed by atoms with E-state index in [-0.39, 0.29) is 33.5 Å². The van der Waals surface area contributed by atoms with Crippen LogP contribution in [0, 0.1) is 50.7 Å². The number of carboxylic acids is 1. The fraction of sp³-hybridized carbons (Fsp3) is 0.900. The normalized spacial score (nSPS) is 57.1. The number of carboxylic acid groups (broad SMARTS) is 1. The summed E-state index contributed by atoms with van der Waals surface area (Å²) in [5, 5.41) is 44.3. The lowest BCUT2D eigenvalue weighted by Crippen LogP contribution is -2.68. The Kier molecular flexibility index (Phi) is 5.40. The monoisotopic (exact) mass is 488 g/mol. The molecule has 0 saturated heterocycles. The van der Waals surface area contributed by atoms with E-state index < -0.39 is 29.2 Å². The van der Waals surface area contributed by atoms with Crippen LogP contribution in [0.25, 0.3) is 0 Å². The third kappa shape index (κ3) is 2.90. The van der Waals surface area contributed by atoms with Gasteiger partial charge in [-0.2, -0.15) is 0 Å². The Morgan fingerprint density at radius 3 is 2.23 bits per heavy atom. The molecule has 0 bridgehead atoms. The summed E-state index contributed by atoms with van der Waals surface area (Å²) in [5.41, 5.74) is -1.46. The highest BCUT2D eigenvalue weighted by Crippen LogP contribution is 2.76. The lowest BCUT2D eigenvalue weighted by Gasteiger charge is -2.72. The molecule has 5 heteroatoms. The molecule has 0 radical (unpaired) electrons. The van der Waals surface area contributed by atoms with Crippen molar-refractivity contribution in [1.82, 2.24) is 0 Å². The SMILES string of the molecule is C[C@@H]1CC[C@]2(C(=O)O)CC[C@]3(C)C(=CCC4[C@@]5(C)C[C@@H](O)[C@@H](O)C(C)(C)C5CC[C@]43C)C2[C@]1(C)O. The standard InChI is InChI=1S/C30H48O5/c1-17-10-13-30(24(33)34)15-14-27(5)18(22(30)29(17,7)35)8-9-21-26(4)16-19(31)23(32)25(2,3)20(26)11-12-28(21,27)6/h8,17,19-23,31-32,35H,9-16H2,1-7H3,(H,33,34)/t17-,19-,20?,21?,22?,23-,26+,27-,28-,29-,30+/m1/s1. The number of aliphatic carboxylic acids is 1. The van der Waals surface area contributed by atoms with Gasteiger partial charge in [-0.15, -0.1) is 0 Å². The fourth-order valence-corrected chi connectivity index (χ4v) is 11.0. The van der Waals surface area contributed by atoms with Crippen LogP contribution in [0.4, 0.5) is 0 Å². The van der Waals surface area contributed by atoms with Crippen molar-refractivity contribution < 1.29 is 25.2 Å². The molecule has 198 valence electrons. The van der Waals surface area contributed by atoms with Gasteiger partial charge in [0.15, 0.2) is 0 Å². The summed E-state index contributed by atoms with van der Waals surface area (Å²) < 4.78 is 0. The predicted molar refractivity (Wildman–Crippen MR) is 135 cm³/mol. The van der Waals surface area contributed by atoms with Gasteiger partial charge in [-0.05, 0) is 97.7 Å². The van der Waals surface area contributed by atoms with Crippen LogP contribution in [-0.2, 0) is 4.79 Å². The molecule has 0 aromatic carbocycles. The average Bonchev–Trinajstić information content (AvgIpc) is 2.75. The summed E-state index contributed by atoms with van der Waals surface area (Å²) in [7, 11) is 0. The maximum absolute atomic E-state index is 12.8. The zero-order valence-electron chi connectivity index (χ0n) is 22.9. The predicted octanol–water partition coefficient (Wildman–Crippen LogP) is 5.18. The minimum atomic E-state index is -1.05. The maximum Gasteiger partial charge on any atom is 0.310 e. The van der Waals surface area contributed by atoms with Gasteiger partial charge < -0.3 is 20.4 Å². The van der Waals surface area contributed by atoms with Crippen LogP contribution >= 0.6 is 0 Å². The first-order valence-corrected chi connectivity index (χ1v) is 14.0. The van der Waals surface area contributed by atoms with E-state index >= 15 is 0 Å². The van der Waals surface area contributed by atoms with Crippen molar-refractivity contribution >= 4 is 5.97 Å². The molecule has 0 amide bonds. The summed E-state index contributed by atoms with van der Waals surface area (Å²) in [6.45, 7) is 15.3. The first kappa shape index (κ1) is 25.7. The topological polar surface area (TPSA) is 98.0 Å². The van der Waals surface area contributed by atoms with E-state index in [1.807, 2.05) is 6.92 Å². The van der Waals surface area contributed by atoms with Gasteiger partial charge in [0.2, 0.25) is 0 Å². The second kappa shape index (κ2) is 7.35. The molecule has 0 aromatic rings. The van der Waals surface area contributed by atoms with Gasteiger partial charge in [0.1, 0.15) is 0 Å². The van der Waals surface area contributed by atoms with Crippen LogP contribution in [0.2, 0.25) is 0 Å². The van der Waals surface area contributed by atoms with Crippen LogP contribution < -0.4 is 0 Å². The average molecular weight is 489 g/mol. The van der Waals surface area contributed by atoms with Crippen molar-refractivity contribution in [2.45, 2.75) is 118 Å². The molecule has 4 saturated carbocycles. The molecular weight excluding hydrogens is 440 g/mol. The molecule has 3 unspecified atom stereocenters. The molecule has 0 aromatic heterocycles. The summed E-state index contributed by atoms with van der Waals surface area (Å²) >= 11 is 0. The Morgan fingerprint density at radius 1 is 0.943 bits per heavy atom. The Labute approximate surface area is 211 Å². The number of aliphatic hydroxyl groups is 3. The lowest BCUT2D eigenvalue weighted by molar-refractivity contribution is -0.237. The highest BCUT2D eigenvalue weighted by atomic mass is 16.4. The Hall–Kier alpha value is -0.910. The number of rotatable bonds is 1. The summed E-state index contributed by atoms with van der Waals surface area (Å²) in [4.78, 5) is 12.8. The van der Waals surface area contributed by atoms with Crippen LogP contribution in [0.3, 0.4) is 0 Å². The Bertz CT molecular complexity index is 952. The van der Waals surface area contributed by atoms with Gasteiger partial charge in [-0.25, -0.2) is 0 Å². The molecule has 5 aliphatic rings. The summed E-state index contributed by atoms with van der Waals surface area (Å²) in [6, 6.07) is 0. The quantitative estimate of drug-likeness (QED) is 0.382. The van der Waals surface area contributed by atoms with Gasteiger partial charge in [0.05, 0.1) is 23.2 Å². The lowest BCUT2D eigenvalue weighted by atomic mass is 9.33. The number of fused-ring (bicyclic) bond motifs is 7. The molecule has 0 heterocycles. The number of hydrogen-bond donors (Lipinski definition) is 4. The van der Waals surface area contributed by atoms with E-state index in [1.165, 1.54) is 5.57 Å². The van der Waals surface area contributed by atoms with Crippen LogP contribution in [0.5, 0.6) is 0 Å². The molecule has 0 spiro atoms. The molecule has 5 rings (SSSR count). The van der Waals surface area contributed by atoms with Gasteiger partial charge in [0, 0.05) is 5.92 Å². The third-order valence-corrected chi connectivity index (χ3v) is 13.4. The number of aliphatic hydroxyl groups excluding tert-OH is 2. The molecule has 5 nitrogen and oxygen atoms in total. The Morgan fingerprint density at radius 2 is 1.60 bits per heavy atom. The number of carbonyl (C=O) groups is 1. The first-order chi connectivity index (χ1) is 16.0. The zero-order valence-corrected chi connectivity index (χ0v) is 22.9. The van der Waals surface area contributed by atoms with Crippen LogP contribution in [0.1, 0.15) is 99.8 Å². The van der Waals surface area contributed by atoms with Gasteiger partial charge >= 0.3 is 5.97 Å². The van der Waals surface area contributed by atoms with Crippen LogP contribution in [-0.4, -0.2) is 44.2 Å². The highest BCUT2D eigenvalue weighted by Gasteiger charge is 2.71. The van der Waals surface area contributed by atoms with Crippen molar-refractivity contribution in [1.29, 1.82) is 0 Å². The van der Waals surface area contributed by atoms with Crippen molar-refractivity contribution in [3.8, 4) is 0 Å². The molecule has 0 aliphatic heterocycles. The minimum Gasteiger partial charge on any atom is -0.481 e. The van der Waals surface area contributed by atoms with Crippen molar-refractivity contribution in [2.24, 2.45) is 50.7 Å². The zero-order chi connectivity index (χ0) is 26.0. The second-order valence-corrected chi connectivity index (χ2v) is 14.9. The number of allylic oxidation sites excluding steroid dienone is 1. The first-order valence-electron chi connectivity index (χ1n) is 14.0. The molecule has 35 heavy (non-hydrogen) atoms. The van der Waals surface area contributed by atoms with Crippen molar-refractivity contribution in [3.05, 3.63) is 11.6 Å². The van der Waals surface area contributed by atoms with Gasteiger partial charge in [-0.1, -0.05) is 53.2 Å². The van der Waals surface area contributed by atoms with E-state index in [2.05, 4.69) is 47.6 Å². The maximum atomic E-state index is 12.8. The van der Waals surface area contributed by atoms with E-state index in [9.17, 15) is 25.2 Å². The van der Waals surface area contributed by atoms with Crippen LogP contribution in [0.15, 0.2) is 11.6 Å². The van der Waals surface area contributed by atoms with Crippen molar-refractivity contribution in [3.63, 3.8) is 0 Å². The minimum absolute atomic E-state index is 0.0535. The summed E-state index contributed by atoms with van der Waals surface area (Å²) in [5.74, 6) is -0.394. The van der Waals surface area contributed by atoms with E-state index in [0.717, 1.165) is 32.1 Å². The Balaban J connectivity index is 1.65. The summed E-state index contributed by atoms with van der Waals surface area (Å²) in [6.07, 6.45) is 7.21. The van der Waals surface area contributed by atoms with E-state index in [0.29, 0.717) is 31.1 Å². The molecular formula is C30H48O5.